The number of ether oxygens (including phenoxy) is 2. The molecule has 0 spiro atoms. The van der Waals surface area contributed by atoms with E-state index in [9.17, 15) is 9.59 Å². The minimum atomic E-state index is 0.0814. The van der Waals surface area contributed by atoms with E-state index in [0.717, 1.165) is 24.3 Å². The number of fused-ring (bicyclic) bond motifs is 1. The minimum Gasteiger partial charge on any atom is -0.493 e. The Labute approximate surface area is 148 Å². The maximum atomic E-state index is 12.7. The number of carbonyl (C=O) groups is 2. The smallest absolute Gasteiger partial charge is 0.223 e. The highest BCUT2D eigenvalue weighted by molar-refractivity contribution is 5.78. The molecule has 0 N–H and O–H groups in total. The van der Waals surface area contributed by atoms with Gasteiger partial charge in [-0.2, -0.15) is 0 Å². The first-order chi connectivity index (χ1) is 12.0. The Bertz CT molecular complexity index is 666. The van der Waals surface area contributed by atoms with E-state index in [1.54, 1.807) is 26.0 Å². The average molecular weight is 346 g/mol. The van der Waals surface area contributed by atoms with Crippen LogP contribution in [0, 0.1) is 0 Å². The molecule has 1 atom stereocenters. The molecule has 1 aromatic rings. The predicted octanol–water partition coefficient (Wildman–Crippen LogP) is 1.81. The van der Waals surface area contributed by atoms with Gasteiger partial charge >= 0.3 is 0 Å². The molecule has 25 heavy (non-hydrogen) atoms. The van der Waals surface area contributed by atoms with E-state index in [-0.39, 0.29) is 17.7 Å². The van der Waals surface area contributed by atoms with Crippen LogP contribution in [0.15, 0.2) is 12.1 Å². The van der Waals surface area contributed by atoms with Crippen molar-refractivity contribution in [3.63, 3.8) is 0 Å². The van der Waals surface area contributed by atoms with E-state index < -0.39 is 0 Å². The molecule has 6 heteroatoms. The van der Waals surface area contributed by atoms with Gasteiger partial charge in [-0.05, 0) is 42.0 Å². The van der Waals surface area contributed by atoms with Crippen LogP contribution in [0.2, 0.25) is 0 Å². The van der Waals surface area contributed by atoms with Gasteiger partial charge in [0.2, 0.25) is 11.8 Å². The summed E-state index contributed by atoms with van der Waals surface area (Å²) in [6, 6.07) is 4.05. The number of methoxy groups -OCH3 is 2. The molecule has 2 amide bonds. The van der Waals surface area contributed by atoms with Gasteiger partial charge in [0.15, 0.2) is 11.5 Å². The highest BCUT2D eigenvalue weighted by Crippen LogP contribution is 2.42. The van der Waals surface area contributed by atoms with Gasteiger partial charge in [0, 0.05) is 39.5 Å². The molecular weight excluding hydrogens is 320 g/mol. The van der Waals surface area contributed by atoms with Gasteiger partial charge in [-0.3, -0.25) is 9.59 Å². The zero-order valence-corrected chi connectivity index (χ0v) is 15.2. The Balaban J connectivity index is 1.66. The van der Waals surface area contributed by atoms with Crippen molar-refractivity contribution in [2.24, 2.45) is 0 Å². The van der Waals surface area contributed by atoms with Gasteiger partial charge in [-0.1, -0.05) is 0 Å². The van der Waals surface area contributed by atoms with E-state index in [1.807, 2.05) is 17.0 Å². The summed E-state index contributed by atoms with van der Waals surface area (Å²) in [7, 11) is 3.27. The van der Waals surface area contributed by atoms with Gasteiger partial charge in [0.1, 0.15) is 0 Å². The first kappa shape index (κ1) is 17.6. The van der Waals surface area contributed by atoms with Crippen molar-refractivity contribution in [3.05, 3.63) is 23.3 Å². The second-order valence-corrected chi connectivity index (χ2v) is 6.73. The Morgan fingerprint density at radius 2 is 1.64 bits per heavy atom. The lowest BCUT2D eigenvalue weighted by Gasteiger charge is -2.34. The molecule has 1 aromatic carbocycles. The Morgan fingerprint density at radius 3 is 2.24 bits per heavy atom. The molecule has 1 aliphatic heterocycles. The van der Waals surface area contributed by atoms with Crippen LogP contribution >= 0.6 is 0 Å². The summed E-state index contributed by atoms with van der Waals surface area (Å²) in [5.74, 6) is 1.95. The number of benzene rings is 1. The molecule has 6 nitrogen and oxygen atoms in total. The summed E-state index contributed by atoms with van der Waals surface area (Å²) in [6.07, 6.45) is 2.46. The molecule has 1 unspecified atom stereocenters. The van der Waals surface area contributed by atoms with Crippen LogP contribution in [0.5, 0.6) is 11.5 Å². The fraction of sp³-hybridized carbons (Fsp3) is 0.579. The molecule has 0 aromatic heterocycles. The SMILES string of the molecule is COc1cc2c(cc1OC)C(CC(=O)N1CCN(C(C)=O)CC1)CC2. The Morgan fingerprint density at radius 1 is 1.04 bits per heavy atom. The number of amides is 2. The molecule has 1 saturated heterocycles. The molecular formula is C19H26N2O4. The van der Waals surface area contributed by atoms with Gasteiger partial charge in [-0.15, -0.1) is 0 Å². The second kappa shape index (κ2) is 7.33. The first-order valence-corrected chi connectivity index (χ1v) is 8.81. The summed E-state index contributed by atoms with van der Waals surface area (Å²) in [4.78, 5) is 27.8. The normalized spacial score (nSPS) is 19.6. The minimum absolute atomic E-state index is 0.0814. The van der Waals surface area contributed by atoms with Gasteiger partial charge in [0.05, 0.1) is 14.2 Å². The third kappa shape index (κ3) is 3.57. The lowest BCUT2D eigenvalue weighted by atomic mass is 9.96. The lowest BCUT2D eigenvalue weighted by Crippen LogP contribution is -2.50. The number of hydrogen-bond donors (Lipinski definition) is 0. The van der Waals surface area contributed by atoms with Crippen molar-refractivity contribution in [1.82, 2.24) is 9.80 Å². The van der Waals surface area contributed by atoms with Gasteiger partial charge in [0.25, 0.3) is 0 Å². The Hall–Kier alpha value is -2.24. The molecule has 3 rings (SSSR count). The van der Waals surface area contributed by atoms with Crippen LogP contribution in [0.4, 0.5) is 0 Å². The van der Waals surface area contributed by atoms with Crippen molar-refractivity contribution in [1.29, 1.82) is 0 Å². The zero-order chi connectivity index (χ0) is 18.0. The maximum Gasteiger partial charge on any atom is 0.223 e. The molecule has 1 fully saturated rings. The summed E-state index contributed by atoms with van der Waals surface area (Å²) >= 11 is 0. The van der Waals surface area contributed by atoms with Crippen LogP contribution in [0.1, 0.15) is 36.8 Å². The fourth-order valence-electron chi connectivity index (χ4n) is 3.84. The lowest BCUT2D eigenvalue weighted by molar-refractivity contribution is -0.138. The number of carbonyl (C=O) groups excluding carboxylic acids is 2. The molecule has 1 aliphatic carbocycles. The van der Waals surface area contributed by atoms with E-state index >= 15 is 0 Å². The Kier molecular flexibility index (Phi) is 5.16. The van der Waals surface area contributed by atoms with Crippen molar-refractivity contribution in [2.45, 2.75) is 32.1 Å². The van der Waals surface area contributed by atoms with Crippen molar-refractivity contribution in [3.8, 4) is 11.5 Å². The molecule has 136 valence electrons. The van der Waals surface area contributed by atoms with E-state index in [2.05, 4.69) is 0 Å². The number of rotatable bonds is 4. The molecule has 1 heterocycles. The van der Waals surface area contributed by atoms with E-state index in [1.165, 1.54) is 11.1 Å². The van der Waals surface area contributed by atoms with E-state index in [0.29, 0.717) is 32.6 Å². The molecule has 0 bridgehead atoms. The largest absolute Gasteiger partial charge is 0.493 e. The number of nitrogens with zero attached hydrogens (tertiary/aromatic N) is 2. The van der Waals surface area contributed by atoms with Crippen molar-refractivity contribution >= 4 is 11.8 Å². The average Bonchev–Trinajstić information content (AvgIpc) is 3.02. The van der Waals surface area contributed by atoms with Crippen LogP contribution in [-0.4, -0.2) is 62.0 Å². The maximum absolute atomic E-state index is 12.7. The van der Waals surface area contributed by atoms with Crippen LogP contribution in [-0.2, 0) is 16.0 Å². The van der Waals surface area contributed by atoms with Crippen molar-refractivity contribution < 1.29 is 19.1 Å². The molecule has 2 aliphatic rings. The van der Waals surface area contributed by atoms with Crippen LogP contribution < -0.4 is 9.47 Å². The highest BCUT2D eigenvalue weighted by Gasteiger charge is 2.30. The zero-order valence-electron chi connectivity index (χ0n) is 15.2. The number of piperazine rings is 1. The van der Waals surface area contributed by atoms with Crippen LogP contribution in [0.3, 0.4) is 0 Å². The summed E-state index contributed by atoms with van der Waals surface area (Å²) in [5.41, 5.74) is 2.45. The first-order valence-electron chi connectivity index (χ1n) is 8.81. The van der Waals surface area contributed by atoms with E-state index in [4.69, 9.17) is 9.47 Å². The summed E-state index contributed by atoms with van der Waals surface area (Å²) < 4.78 is 10.8. The van der Waals surface area contributed by atoms with Crippen LogP contribution in [0.25, 0.3) is 0 Å². The number of hydrogen-bond acceptors (Lipinski definition) is 4. The molecule has 0 radical (unpaired) electrons. The fourth-order valence-corrected chi connectivity index (χ4v) is 3.84. The predicted molar refractivity (Wildman–Crippen MR) is 94.1 cm³/mol. The van der Waals surface area contributed by atoms with Crippen molar-refractivity contribution in [2.75, 3.05) is 40.4 Å². The van der Waals surface area contributed by atoms with Gasteiger partial charge in [-0.25, -0.2) is 0 Å². The quantitative estimate of drug-likeness (QED) is 0.834. The standard InChI is InChI=1S/C19H26N2O4/c1-13(22)20-6-8-21(9-7-20)19(23)11-15-5-4-14-10-17(24-2)18(25-3)12-16(14)15/h10,12,15H,4-9,11H2,1-3H3. The summed E-state index contributed by atoms with van der Waals surface area (Å²) in [6.45, 7) is 4.10. The number of aryl methyl sites for hydroxylation is 1. The third-order valence-electron chi connectivity index (χ3n) is 5.35. The topological polar surface area (TPSA) is 59.1 Å². The second-order valence-electron chi connectivity index (χ2n) is 6.73. The highest BCUT2D eigenvalue weighted by atomic mass is 16.5. The summed E-state index contributed by atoms with van der Waals surface area (Å²) in [5, 5.41) is 0. The van der Waals surface area contributed by atoms with Gasteiger partial charge < -0.3 is 19.3 Å². The third-order valence-corrected chi connectivity index (χ3v) is 5.35. The molecule has 0 saturated carbocycles. The monoisotopic (exact) mass is 346 g/mol.